The predicted molar refractivity (Wildman–Crippen MR) is 163 cm³/mol. The van der Waals surface area contributed by atoms with Gasteiger partial charge in [0.15, 0.2) is 4.34 Å². The number of aliphatic hydroxyl groups is 1. The summed E-state index contributed by atoms with van der Waals surface area (Å²) in [6.07, 6.45) is 0.862. The van der Waals surface area contributed by atoms with Gasteiger partial charge in [0, 0.05) is 11.3 Å². The van der Waals surface area contributed by atoms with E-state index in [1.54, 1.807) is 24.3 Å². The summed E-state index contributed by atoms with van der Waals surface area (Å²) in [6.45, 7) is 6.76. The standard InChI is InChI=1S/C32H30FN3O4S2/c1-19(2)15-16-40-25-6-4-5-23(17-25)27-26(28(37)22-11-13-24(33)14-12-22)29(38)30(39)36(27)31-34-35-32(42-31)41-18-21-9-7-20(3)8-10-21/h4-14,17,19,27,37H,15-16,18H2,1-3H3. The monoisotopic (exact) mass is 603 g/mol. The Morgan fingerprint density at radius 2 is 1.81 bits per heavy atom. The number of Topliss-reactive ketones (excluding diaryl/α,β-unsaturated/α-hetero) is 1. The normalized spacial score (nSPS) is 16.4. The number of ether oxygens (including phenoxy) is 1. The summed E-state index contributed by atoms with van der Waals surface area (Å²) in [5.41, 5.74) is 2.96. The van der Waals surface area contributed by atoms with Crippen LogP contribution in [0.4, 0.5) is 9.52 Å². The number of ketones is 1. The summed E-state index contributed by atoms with van der Waals surface area (Å²) in [5.74, 6) is -0.876. The lowest BCUT2D eigenvalue weighted by Gasteiger charge is -2.23. The zero-order valence-electron chi connectivity index (χ0n) is 23.4. The molecular formula is C32H30FN3O4S2. The fourth-order valence-electron chi connectivity index (χ4n) is 4.48. The molecular weight excluding hydrogens is 574 g/mol. The molecule has 1 aliphatic heterocycles. The number of thioether (sulfide) groups is 1. The van der Waals surface area contributed by atoms with Gasteiger partial charge in [0.2, 0.25) is 5.13 Å². The van der Waals surface area contributed by atoms with Crippen molar-refractivity contribution in [3.63, 3.8) is 0 Å². The van der Waals surface area contributed by atoms with Gasteiger partial charge in [0.1, 0.15) is 17.3 Å². The molecule has 0 saturated carbocycles. The van der Waals surface area contributed by atoms with Gasteiger partial charge in [-0.25, -0.2) is 4.39 Å². The molecule has 216 valence electrons. The van der Waals surface area contributed by atoms with Crippen molar-refractivity contribution in [2.75, 3.05) is 11.5 Å². The van der Waals surface area contributed by atoms with E-state index in [0.29, 0.717) is 33.9 Å². The number of aromatic nitrogens is 2. The van der Waals surface area contributed by atoms with Gasteiger partial charge in [-0.15, -0.1) is 10.2 Å². The van der Waals surface area contributed by atoms with Crippen LogP contribution in [0.3, 0.4) is 0 Å². The highest BCUT2D eigenvalue weighted by Gasteiger charge is 2.48. The van der Waals surface area contributed by atoms with Gasteiger partial charge in [-0.3, -0.25) is 14.5 Å². The number of halogens is 1. The van der Waals surface area contributed by atoms with Crippen LogP contribution in [-0.2, 0) is 15.3 Å². The molecule has 3 aromatic carbocycles. The van der Waals surface area contributed by atoms with E-state index < -0.39 is 29.3 Å². The number of amides is 1. The molecule has 0 aliphatic carbocycles. The molecule has 42 heavy (non-hydrogen) atoms. The summed E-state index contributed by atoms with van der Waals surface area (Å²) < 4.78 is 20.2. The third kappa shape index (κ3) is 6.55. The van der Waals surface area contributed by atoms with Crippen molar-refractivity contribution in [2.24, 2.45) is 5.92 Å². The molecule has 1 atom stereocenters. The maximum absolute atomic E-state index is 13.6. The highest BCUT2D eigenvalue weighted by atomic mass is 32.2. The predicted octanol–water partition coefficient (Wildman–Crippen LogP) is 7.33. The molecule has 0 spiro atoms. The first-order chi connectivity index (χ1) is 20.2. The Labute approximate surface area is 252 Å². The Morgan fingerprint density at radius 1 is 1.07 bits per heavy atom. The number of benzene rings is 3. The third-order valence-corrected chi connectivity index (χ3v) is 8.91. The lowest BCUT2D eigenvalue weighted by molar-refractivity contribution is -0.132. The minimum atomic E-state index is -0.994. The summed E-state index contributed by atoms with van der Waals surface area (Å²) in [5, 5.41) is 20.1. The number of carbonyl (C=O) groups is 2. The molecule has 4 aromatic rings. The van der Waals surface area contributed by atoms with Gasteiger partial charge in [0.25, 0.3) is 5.78 Å². The van der Waals surface area contributed by atoms with Crippen LogP contribution in [0.15, 0.2) is 82.7 Å². The van der Waals surface area contributed by atoms with Crippen molar-refractivity contribution < 1.29 is 23.8 Å². The number of nitrogens with zero attached hydrogens (tertiary/aromatic N) is 3. The van der Waals surface area contributed by atoms with E-state index in [-0.39, 0.29) is 16.3 Å². The fourth-order valence-corrected chi connectivity index (χ4v) is 6.31. The Balaban J connectivity index is 1.52. The number of anilines is 1. The molecule has 1 amide bonds. The quantitative estimate of drug-likeness (QED) is 0.0667. The smallest absolute Gasteiger partial charge is 0.301 e. The highest BCUT2D eigenvalue weighted by Crippen LogP contribution is 2.44. The van der Waals surface area contributed by atoms with Gasteiger partial charge in [0.05, 0.1) is 18.2 Å². The van der Waals surface area contributed by atoms with Crippen molar-refractivity contribution in [1.82, 2.24) is 10.2 Å². The molecule has 1 saturated heterocycles. The molecule has 1 fully saturated rings. The molecule has 1 N–H and O–H groups in total. The van der Waals surface area contributed by atoms with E-state index in [4.69, 9.17) is 4.74 Å². The Hall–Kier alpha value is -4.02. The van der Waals surface area contributed by atoms with E-state index in [1.807, 2.05) is 19.1 Å². The summed E-state index contributed by atoms with van der Waals surface area (Å²) in [4.78, 5) is 28.3. The average Bonchev–Trinajstić information content (AvgIpc) is 3.54. The third-order valence-electron chi connectivity index (χ3n) is 6.78. The Bertz CT molecular complexity index is 1620. The molecule has 0 radical (unpaired) electrons. The van der Waals surface area contributed by atoms with Crippen molar-refractivity contribution >= 4 is 45.7 Å². The molecule has 10 heteroatoms. The van der Waals surface area contributed by atoms with Crippen LogP contribution in [0.1, 0.15) is 48.6 Å². The second-order valence-electron chi connectivity index (χ2n) is 10.4. The van der Waals surface area contributed by atoms with Gasteiger partial charge in [-0.2, -0.15) is 0 Å². The Morgan fingerprint density at radius 3 is 2.52 bits per heavy atom. The maximum atomic E-state index is 13.6. The minimum absolute atomic E-state index is 0.116. The molecule has 1 unspecified atom stereocenters. The molecule has 2 heterocycles. The first kappa shape index (κ1) is 29.5. The van der Waals surface area contributed by atoms with E-state index in [1.165, 1.54) is 57.8 Å². The number of aliphatic hydroxyl groups excluding tert-OH is 1. The number of rotatable bonds is 10. The van der Waals surface area contributed by atoms with Crippen molar-refractivity contribution in [2.45, 2.75) is 43.3 Å². The highest BCUT2D eigenvalue weighted by molar-refractivity contribution is 8.00. The topological polar surface area (TPSA) is 92.6 Å². The summed E-state index contributed by atoms with van der Waals surface area (Å²) in [6, 6.07) is 19.4. The number of hydrogen-bond donors (Lipinski definition) is 1. The van der Waals surface area contributed by atoms with Crippen molar-refractivity contribution in [3.05, 3.63) is 106 Å². The zero-order chi connectivity index (χ0) is 29.8. The molecule has 1 aliphatic rings. The number of aryl methyl sites for hydroxylation is 1. The SMILES string of the molecule is Cc1ccc(CSc2nnc(N3C(=O)C(=O)C(=C(O)c4ccc(F)cc4)C3c3cccc(OCCC(C)C)c3)s2)cc1. The maximum Gasteiger partial charge on any atom is 0.301 e. The van der Waals surface area contributed by atoms with E-state index in [9.17, 15) is 19.1 Å². The van der Waals surface area contributed by atoms with Crippen molar-refractivity contribution in [3.8, 4) is 5.75 Å². The van der Waals surface area contributed by atoms with Gasteiger partial charge in [-0.1, -0.05) is 78.9 Å². The van der Waals surface area contributed by atoms with Gasteiger partial charge in [-0.05, 0) is 66.8 Å². The largest absolute Gasteiger partial charge is 0.507 e. The van der Waals surface area contributed by atoms with Crippen LogP contribution in [0, 0.1) is 18.7 Å². The van der Waals surface area contributed by atoms with E-state index in [2.05, 4.69) is 36.2 Å². The van der Waals surface area contributed by atoms with Crippen LogP contribution in [0.2, 0.25) is 0 Å². The average molecular weight is 604 g/mol. The first-order valence-corrected chi connectivity index (χ1v) is 15.3. The fraction of sp³-hybridized carbons (Fsp3) is 0.250. The van der Waals surface area contributed by atoms with Crippen LogP contribution in [-0.4, -0.2) is 33.6 Å². The van der Waals surface area contributed by atoms with Crippen LogP contribution < -0.4 is 9.64 Å². The lowest BCUT2D eigenvalue weighted by Crippen LogP contribution is -2.29. The Kier molecular flexibility index (Phi) is 9.03. The molecule has 0 bridgehead atoms. The van der Waals surface area contributed by atoms with Crippen LogP contribution >= 0.6 is 23.1 Å². The van der Waals surface area contributed by atoms with E-state index in [0.717, 1.165) is 12.0 Å². The first-order valence-electron chi connectivity index (χ1n) is 13.5. The number of hydrogen-bond acceptors (Lipinski definition) is 8. The second kappa shape index (κ2) is 12.9. The lowest BCUT2D eigenvalue weighted by atomic mass is 9.95. The van der Waals surface area contributed by atoms with E-state index >= 15 is 0 Å². The summed E-state index contributed by atoms with van der Waals surface area (Å²) in [7, 11) is 0. The summed E-state index contributed by atoms with van der Waals surface area (Å²) >= 11 is 2.68. The van der Waals surface area contributed by atoms with Crippen LogP contribution in [0.25, 0.3) is 5.76 Å². The van der Waals surface area contributed by atoms with Crippen LogP contribution in [0.5, 0.6) is 5.75 Å². The second-order valence-corrected chi connectivity index (χ2v) is 12.6. The van der Waals surface area contributed by atoms with Gasteiger partial charge < -0.3 is 9.84 Å². The van der Waals surface area contributed by atoms with Crippen molar-refractivity contribution in [1.29, 1.82) is 0 Å². The van der Waals surface area contributed by atoms with Gasteiger partial charge >= 0.3 is 5.91 Å². The molecule has 5 rings (SSSR count). The molecule has 1 aromatic heterocycles. The molecule has 7 nitrogen and oxygen atoms in total. The zero-order valence-corrected chi connectivity index (χ0v) is 25.0. The minimum Gasteiger partial charge on any atom is -0.507 e. The number of carbonyl (C=O) groups excluding carboxylic acids is 2.